The summed E-state index contributed by atoms with van der Waals surface area (Å²) in [6, 6.07) is 7.01. The second-order valence-corrected chi connectivity index (χ2v) is 5.29. The van der Waals surface area contributed by atoms with E-state index in [9.17, 15) is 9.59 Å². The number of benzene rings is 1. The molecule has 0 saturated carbocycles. The molecule has 0 aliphatic rings. The minimum atomic E-state index is -1.17. The molecule has 0 bridgehead atoms. The van der Waals surface area contributed by atoms with Crippen molar-refractivity contribution in [1.29, 1.82) is 0 Å². The summed E-state index contributed by atoms with van der Waals surface area (Å²) in [7, 11) is 1.55. The van der Waals surface area contributed by atoms with Gasteiger partial charge in [0.15, 0.2) is 0 Å². The lowest BCUT2D eigenvalue weighted by molar-refractivity contribution is -0.138. The molecule has 2 amide bonds. The highest BCUT2D eigenvalue weighted by Gasteiger charge is 2.35. The zero-order chi connectivity index (χ0) is 16.6. The predicted molar refractivity (Wildman–Crippen MR) is 84.9 cm³/mol. The Morgan fingerprint density at radius 2 is 1.77 bits per heavy atom. The fraction of sp³-hybridized carbons (Fsp3) is 0.500. The van der Waals surface area contributed by atoms with Crippen LogP contribution in [0, 0.1) is 5.41 Å². The minimum absolute atomic E-state index is 0.340. The van der Waals surface area contributed by atoms with Crippen molar-refractivity contribution in [1.82, 2.24) is 5.32 Å². The van der Waals surface area contributed by atoms with Crippen LogP contribution in [0.3, 0.4) is 0 Å². The Bertz CT molecular complexity index is 497. The van der Waals surface area contributed by atoms with Crippen molar-refractivity contribution in [3.05, 3.63) is 24.3 Å². The maximum atomic E-state index is 12.3. The number of hydrogen-bond acceptors (Lipinski definition) is 4. The van der Waals surface area contributed by atoms with E-state index in [0.29, 0.717) is 25.4 Å². The fourth-order valence-electron chi connectivity index (χ4n) is 1.68. The van der Waals surface area contributed by atoms with E-state index < -0.39 is 5.41 Å². The van der Waals surface area contributed by atoms with Gasteiger partial charge in [0.2, 0.25) is 11.8 Å². The summed E-state index contributed by atoms with van der Waals surface area (Å²) in [5, 5.41) is 5.41. The first-order valence-corrected chi connectivity index (χ1v) is 7.23. The van der Waals surface area contributed by atoms with E-state index in [2.05, 4.69) is 10.6 Å². The van der Waals surface area contributed by atoms with Gasteiger partial charge in [-0.3, -0.25) is 9.59 Å². The molecule has 1 aromatic carbocycles. The summed E-state index contributed by atoms with van der Waals surface area (Å²) in [6.45, 7) is 6.43. The van der Waals surface area contributed by atoms with E-state index in [1.807, 2.05) is 6.92 Å². The van der Waals surface area contributed by atoms with E-state index in [1.54, 1.807) is 45.2 Å². The largest absolute Gasteiger partial charge is 0.494 e. The zero-order valence-electron chi connectivity index (χ0n) is 13.6. The average molecular weight is 308 g/mol. The van der Waals surface area contributed by atoms with Crippen molar-refractivity contribution in [2.75, 3.05) is 32.2 Å². The molecular formula is C16H24N2O4. The van der Waals surface area contributed by atoms with Crippen molar-refractivity contribution in [2.24, 2.45) is 5.41 Å². The van der Waals surface area contributed by atoms with Gasteiger partial charge in [-0.2, -0.15) is 0 Å². The van der Waals surface area contributed by atoms with E-state index >= 15 is 0 Å². The zero-order valence-corrected chi connectivity index (χ0v) is 13.6. The lowest BCUT2D eigenvalue weighted by Gasteiger charge is -2.22. The third-order valence-electron chi connectivity index (χ3n) is 3.15. The first-order valence-electron chi connectivity index (χ1n) is 7.23. The number of ether oxygens (including phenoxy) is 2. The third kappa shape index (κ3) is 5.04. The standard InChI is InChI=1S/C16H24N2O4/c1-5-22-13-8-6-12(7-9-13)18-15(20)16(2,3)14(19)17-10-11-21-4/h6-9H,5,10-11H2,1-4H3,(H,17,19)(H,18,20). The molecular weight excluding hydrogens is 284 g/mol. The Kier molecular flexibility index (Phi) is 6.85. The molecule has 0 fully saturated rings. The summed E-state index contributed by atoms with van der Waals surface area (Å²) < 4.78 is 10.2. The van der Waals surface area contributed by atoms with Gasteiger partial charge in [0.1, 0.15) is 11.2 Å². The highest BCUT2D eigenvalue weighted by atomic mass is 16.5. The molecule has 22 heavy (non-hydrogen) atoms. The molecule has 6 heteroatoms. The molecule has 1 rings (SSSR count). The Morgan fingerprint density at radius 3 is 2.32 bits per heavy atom. The average Bonchev–Trinajstić information content (AvgIpc) is 2.49. The van der Waals surface area contributed by atoms with E-state index in [1.165, 1.54) is 0 Å². The molecule has 0 atom stereocenters. The number of rotatable bonds is 8. The van der Waals surface area contributed by atoms with Crippen molar-refractivity contribution >= 4 is 17.5 Å². The third-order valence-corrected chi connectivity index (χ3v) is 3.15. The molecule has 122 valence electrons. The quantitative estimate of drug-likeness (QED) is 0.567. The summed E-state index contributed by atoms with van der Waals surface area (Å²) >= 11 is 0. The van der Waals surface area contributed by atoms with Gasteiger partial charge in [-0.15, -0.1) is 0 Å². The second kappa shape index (κ2) is 8.38. The molecule has 0 saturated heterocycles. The van der Waals surface area contributed by atoms with Crippen LogP contribution in [0.25, 0.3) is 0 Å². The Labute approximate surface area is 131 Å². The van der Waals surface area contributed by atoms with Crippen LogP contribution in [0.15, 0.2) is 24.3 Å². The summed E-state index contributed by atoms with van der Waals surface area (Å²) in [5.74, 6) is 0.0247. The first kappa shape index (κ1) is 18.0. The predicted octanol–water partition coefficient (Wildman–Crippen LogP) is 1.81. The molecule has 0 unspecified atom stereocenters. The number of methoxy groups -OCH3 is 1. The summed E-state index contributed by atoms with van der Waals surface area (Å²) in [4.78, 5) is 24.3. The number of amides is 2. The van der Waals surface area contributed by atoms with Crippen molar-refractivity contribution in [3.8, 4) is 5.75 Å². The molecule has 0 aromatic heterocycles. The molecule has 1 aromatic rings. The monoisotopic (exact) mass is 308 g/mol. The molecule has 0 heterocycles. The van der Waals surface area contributed by atoms with Crippen LogP contribution in [0.1, 0.15) is 20.8 Å². The van der Waals surface area contributed by atoms with Gasteiger partial charge < -0.3 is 20.1 Å². The lowest BCUT2D eigenvalue weighted by Crippen LogP contribution is -2.45. The van der Waals surface area contributed by atoms with Gasteiger partial charge in [-0.1, -0.05) is 0 Å². The number of nitrogens with one attached hydrogen (secondary N) is 2. The Balaban J connectivity index is 2.63. The fourth-order valence-corrected chi connectivity index (χ4v) is 1.68. The molecule has 0 spiro atoms. The molecule has 2 N–H and O–H groups in total. The van der Waals surface area contributed by atoms with Crippen molar-refractivity contribution in [3.63, 3.8) is 0 Å². The van der Waals surface area contributed by atoms with Crippen molar-refractivity contribution in [2.45, 2.75) is 20.8 Å². The van der Waals surface area contributed by atoms with Crippen LogP contribution in [-0.4, -0.2) is 38.7 Å². The van der Waals surface area contributed by atoms with Crippen LogP contribution < -0.4 is 15.4 Å². The topological polar surface area (TPSA) is 76.7 Å². The van der Waals surface area contributed by atoms with Crippen LogP contribution in [0.2, 0.25) is 0 Å². The van der Waals surface area contributed by atoms with Gasteiger partial charge in [-0.25, -0.2) is 0 Å². The Morgan fingerprint density at radius 1 is 1.14 bits per heavy atom. The van der Waals surface area contributed by atoms with Gasteiger partial charge in [-0.05, 0) is 45.0 Å². The number of hydrogen-bond donors (Lipinski definition) is 2. The number of carbonyl (C=O) groups is 2. The minimum Gasteiger partial charge on any atom is -0.494 e. The van der Waals surface area contributed by atoms with Crippen LogP contribution in [0.4, 0.5) is 5.69 Å². The highest BCUT2D eigenvalue weighted by Crippen LogP contribution is 2.21. The van der Waals surface area contributed by atoms with Gasteiger partial charge in [0.25, 0.3) is 0 Å². The maximum Gasteiger partial charge on any atom is 0.239 e. The second-order valence-electron chi connectivity index (χ2n) is 5.29. The summed E-state index contributed by atoms with van der Waals surface area (Å²) in [5.41, 5.74) is -0.557. The van der Waals surface area contributed by atoms with E-state index in [0.717, 1.165) is 5.75 Å². The maximum absolute atomic E-state index is 12.3. The van der Waals surface area contributed by atoms with Gasteiger partial charge in [0, 0.05) is 19.3 Å². The molecule has 0 aliphatic carbocycles. The molecule has 0 radical (unpaired) electrons. The SMILES string of the molecule is CCOc1ccc(NC(=O)C(C)(C)C(=O)NCCOC)cc1. The van der Waals surface area contributed by atoms with Crippen molar-refractivity contribution < 1.29 is 19.1 Å². The van der Waals surface area contributed by atoms with E-state index in [4.69, 9.17) is 9.47 Å². The smallest absolute Gasteiger partial charge is 0.239 e. The van der Waals surface area contributed by atoms with Crippen LogP contribution in [0.5, 0.6) is 5.75 Å². The normalized spacial score (nSPS) is 10.9. The first-order chi connectivity index (χ1) is 10.4. The highest BCUT2D eigenvalue weighted by molar-refractivity contribution is 6.09. The number of carbonyl (C=O) groups excluding carboxylic acids is 2. The van der Waals surface area contributed by atoms with Crippen LogP contribution >= 0.6 is 0 Å². The molecule has 0 aliphatic heterocycles. The molecule has 6 nitrogen and oxygen atoms in total. The summed E-state index contributed by atoms with van der Waals surface area (Å²) in [6.07, 6.45) is 0. The van der Waals surface area contributed by atoms with Gasteiger partial charge in [0.05, 0.1) is 13.2 Å². The van der Waals surface area contributed by atoms with E-state index in [-0.39, 0.29) is 11.8 Å². The number of anilines is 1. The van der Waals surface area contributed by atoms with Crippen LogP contribution in [-0.2, 0) is 14.3 Å². The Hall–Kier alpha value is -2.08. The lowest BCUT2D eigenvalue weighted by atomic mass is 9.91. The van der Waals surface area contributed by atoms with Gasteiger partial charge >= 0.3 is 0 Å².